The van der Waals surface area contributed by atoms with Crippen LogP contribution in [0.15, 0.2) is 18.6 Å². The molecule has 4 rings (SSSR count). The molecule has 5 unspecified atom stereocenters. The van der Waals surface area contributed by atoms with Crippen LogP contribution in [0, 0.1) is 0 Å². The highest BCUT2D eigenvalue weighted by molar-refractivity contribution is 5.86. The number of nitrogens with two attached hydrogens (primary N) is 1. The Morgan fingerprint density at radius 1 is 1.33 bits per heavy atom. The van der Waals surface area contributed by atoms with Gasteiger partial charge in [-0.1, -0.05) is 0 Å². The van der Waals surface area contributed by atoms with E-state index in [0.29, 0.717) is 11.5 Å². The summed E-state index contributed by atoms with van der Waals surface area (Å²) in [5.74, 6) is -0.347. The van der Waals surface area contributed by atoms with Gasteiger partial charge in [-0.3, -0.25) is 0 Å². The van der Waals surface area contributed by atoms with Crippen molar-refractivity contribution in [3.8, 4) is 0 Å². The van der Waals surface area contributed by atoms with E-state index in [1.54, 1.807) is 6.92 Å². The zero-order valence-corrected chi connectivity index (χ0v) is 14.1. The van der Waals surface area contributed by atoms with Crippen LogP contribution >= 0.6 is 0 Å². The van der Waals surface area contributed by atoms with Crippen molar-refractivity contribution in [2.45, 2.75) is 63.6 Å². The zero-order chi connectivity index (χ0) is 17.3. The molecule has 2 aliphatic rings. The topological polar surface area (TPSA) is 105 Å². The average molecular weight is 334 g/mol. The van der Waals surface area contributed by atoms with Gasteiger partial charge in [0, 0.05) is 6.20 Å². The first kappa shape index (κ1) is 15.8. The molecule has 2 aromatic heterocycles. The van der Waals surface area contributed by atoms with Crippen LogP contribution in [0.3, 0.4) is 0 Å². The molecule has 130 valence electrons. The number of aromatic nitrogens is 3. The van der Waals surface area contributed by atoms with Crippen LogP contribution in [0.25, 0.3) is 11.0 Å². The summed E-state index contributed by atoms with van der Waals surface area (Å²) in [6.45, 7) is 7.35. The second kappa shape index (κ2) is 4.89. The van der Waals surface area contributed by atoms with Gasteiger partial charge in [0.25, 0.3) is 0 Å². The summed E-state index contributed by atoms with van der Waals surface area (Å²) in [7, 11) is 0. The Morgan fingerprint density at radius 3 is 2.79 bits per heavy atom. The van der Waals surface area contributed by atoms with Crippen LogP contribution in [0.2, 0.25) is 0 Å². The number of ether oxygens (including phenoxy) is 3. The standard InChI is InChI=1S/C16H22N4O4/c1-8(21)10-11-16(4,24-15(2,3)23-11)14(22-10)20-6-5-9-12(17)18-7-19-13(9)20/h5-8,10-11,14,21H,1-4H3,(H2,17,18,19). The minimum absolute atomic E-state index is 0.394. The van der Waals surface area contributed by atoms with E-state index in [2.05, 4.69) is 9.97 Å². The number of nitrogen functional groups attached to an aromatic ring is 1. The van der Waals surface area contributed by atoms with Crippen molar-refractivity contribution >= 4 is 16.9 Å². The predicted octanol–water partition coefficient (Wildman–Crippen LogP) is 1.20. The van der Waals surface area contributed by atoms with Crippen LogP contribution in [-0.4, -0.2) is 49.3 Å². The molecule has 0 aliphatic carbocycles. The second-order valence-electron chi connectivity index (χ2n) is 7.14. The van der Waals surface area contributed by atoms with E-state index in [9.17, 15) is 5.11 Å². The molecule has 0 aromatic carbocycles. The molecule has 5 atom stereocenters. The van der Waals surface area contributed by atoms with E-state index in [1.807, 2.05) is 37.6 Å². The van der Waals surface area contributed by atoms with Crippen molar-refractivity contribution in [3.05, 3.63) is 18.6 Å². The van der Waals surface area contributed by atoms with E-state index < -0.39 is 35.9 Å². The van der Waals surface area contributed by atoms with Crippen molar-refractivity contribution in [1.29, 1.82) is 0 Å². The number of hydrogen-bond donors (Lipinski definition) is 2. The molecule has 2 aromatic rings. The number of fused-ring (bicyclic) bond motifs is 2. The van der Waals surface area contributed by atoms with Gasteiger partial charge in [0.15, 0.2) is 12.0 Å². The third-order valence-corrected chi connectivity index (χ3v) is 4.78. The van der Waals surface area contributed by atoms with Crippen molar-refractivity contribution in [2.24, 2.45) is 0 Å². The lowest BCUT2D eigenvalue weighted by atomic mass is 9.94. The fraction of sp³-hybridized carbons (Fsp3) is 0.625. The van der Waals surface area contributed by atoms with Crippen molar-refractivity contribution in [2.75, 3.05) is 5.73 Å². The first-order chi connectivity index (χ1) is 11.2. The first-order valence-corrected chi connectivity index (χ1v) is 8.01. The fourth-order valence-corrected chi connectivity index (χ4v) is 3.86. The molecule has 0 saturated carbocycles. The molecule has 0 bridgehead atoms. The Hall–Kier alpha value is -1.74. The van der Waals surface area contributed by atoms with Crippen LogP contribution < -0.4 is 5.73 Å². The number of aliphatic hydroxyl groups excluding tert-OH is 1. The molecule has 2 fully saturated rings. The smallest absolute Gasteiger partial charge is 0.167 e. The largest absolute Gasteiger partial charge is 0.391 e. The van der Waals surface area contributed by atoms with Gasteiger partial charge in [-0.25, -0.2) is 9.97 Å². The third-order valence-electron chi connectivity index (χ3n) is 4.78. The van der Waals surface area contributed by atoms with E-state index in [4.69, 9.17) is 19.9 Å². The lowest BCUT2D eigenvalue weighted by molar-refractivity contribution is -0.221. The maximum atomic E-state index is 10.1. The molecule has 0 amide bonds. The quantitative estimate of drug-likeness (QED) is 0.850. The molecule has 4 heterocycles. The van der Waals surface area contributed by atoms with Gasteiger partial charge in [0.2, 0.25) is 0 Å². The summed E-state index contributed by atoms with van der Waals surface area (Å²) in [5.41, 5.74) is 5.82. The summed E-state index contributed by atoms with van der Waals surface area (Å²) >= 11 is 0. The van der Waals surface area contributed by atoms with Crippen LogP contribution in [0.5, 0.6) is 0 Å². The molecule has 8 nitrogen and oxygen atoms in total. The maximum absolute atomic E-state index is 10.1. The summed E-state index contributed by atoms with van der Waals surface area (Å²) in [6, 6.07) is 1.85. The monoisotopic (exact) mass is 334 g/mol. The van der Waals surface area contributed by atoms with Crippen LogP contribution in [0.4, 0.5) is 5.82 Å². The van der Waals surface area contributed by atoms with Crippen molar-refractivity contribution in [3.63, 3.8) is 0 Å². The lowest BCUT2D eigenvalue weighted by Crippen LogP contribution is -2.43. The normalized spacial score (nSPS) is 36.1. The Kier molecular flexibility index (Phi) is 3.21. The van der Waals surface area contributed by atoms with Gasteiger partial charge in [0.05, 0.1) is 11.5 Å². The van der Waals surface area contributed by atoms with E-state index in [-0.39, 0.29) is 0 Å². The number of aliphatic hydroxyl groups is 1. The van der Waals surface area contributed by atoms with Gasteiger partial charge >= 0.3 is 0 Å². The van der Waals surface area contributed by atoms with Gasteiger partial charge in [-0.2, -0.15) is 0 Å². The van der Waals surface area contributed by atoms with E-state index in [1.165, 1.54) is 6.33 Å². The molecule has 0 spiro atoms. The fourth-order valence-electron chi connectivity index (χ4n) is 3.86. The maximum Gasteiger partial charge on any atom is 0.167 e. The molecule has 3 N–H and O–H groups in total. The number of hydrogen-bond acceptors (Lipinski definition) is 7. The molecule has 8 heteroatoms. The molecule has 2 saturated heterocycles. The van der Waals surface area contributed by atoms with Gasteiger partial charge < -0.3 is 29.6 Å². The Bertz CT molecular complexity index is 789. The first-order valence-electron chi connectivity index (χ1n) is 8.01. The van der Waals surface area contributed by atoms with E-state index in [0.717, 1.165) is 5.39 Å². The zero-order valence-electron chi connectivity index (χ0n) is 14.1. The molecule has 2 aliphatic heterocycles. The van der Waals surface area contributed by atoms with Crippen LogP contribution in [-0.2, 0) is 14.2 Å². The Balaban J connectivity index is 1.83. The second-order valence-corrected chi connectivity index (χ2v) is 7.14. The number of rotatable bonds is 2. The van der Waals surface area contributed by atoms with Gasteiger partial charge in [-0.05, 0) is 33.8 Å². The molecule has 0 radical (unpaired) electrons. The summed E-state index contributed by atoms with van der Waals surface area (Å²) in [5, 5.41) is 10.9. The highest BCUT2D eigenvalue weighted by atomic mass is 16.8. The lowest BCUT2D eigenvalue weighted by Gasteiger charge is -2.30. The third kappa shape index (κ3) is 2.07. The number of anilines is 1. The predicted molar refractivity (Wildman–Crippen MR) is 86.0 cm³/mol. The molecular weight excluding hydrogens is 312 g/mol. The Labute approximate surface area is 139 Å². The summed E-state index contributed by atoms with van der Waals surface area (Å²) < 4.78 is 20.2. The van der Waals surface area contributed by atoms with Crippen molar-refractivity contribution in [1.82, 2.24) is 14.5 Å². The summed E-state index contributed by atoms with van der Waals surface area (Å²) in [6.07, 6.45) is 1.17. The minimum Gasteiger partial charge on any atom is -0.391 e. The SMILES string of the molecule is CC(O)C1OC(n2ccc3c(N)ncnc32)C2(C)OC(C)(C)OC12. The van der Waals surface area contributed by atoms with Crippen LogP contribution in [0.1, 0.15) is 33.9 Å². The average Bonchev–Trinajstić information content (AvgIpc) is 3.07. The highest BCUT2D eigenvalue weighted by Crippen LogP contribution is 2.52. The molecule has 24 heavy (non-hydrogen) atoms. The van der Waals surface area contributed by atoms with Gasteiger partial charge in [0.1, 0.15) is 35.6 Å². The summed E-state index contributed by atoms with van der Waals surface area (Å²) in [4.78, 5) is 8.35. The number of nitrogens with zero attached hydrogens (tertiary/aromatic N) is 3. The molecular formula is C16H22N4O4. The van der Waals surface area contributed by atoms with E-state index >= 15 is 0 Å². The minimum atomic E-state index is -0.767. The highest BCUT2D eigenvalue weighted by Gasteiger charge is 2.65. The Morgan fingerprint density at radius 2 is 2.08 bits per heavy atom. The van der Waals surface area contributed by atoms with Gasteiger partial charge in [-0.15, -0.1) is 0 Å². The van der Waals surface area contributed by atoms with Crippen molar-refractivity contribution < 1.29 is 19.3 Å².